The second-order valence-corrected chi connectivity index (χ2v) is 5.46. The molecule has 1 aromatic heterocycles. The highest BCUT2D eigenvalue weighted by molar-refractivity contribution is 7.09. The highest BCUT2D eigenvalue weighted by atomic mass is 32.1. The number of carbonyl (C=O) groups is 1. The summed E-state index contributed by atoms with van der Waals surface area (Å²) in [5, 5.41) is 9.48. The van der Waals surface area contributed by atoms with Crippen LogP contribution in [-0.4, -0.2) is 27.9 Å². The number of rotatable bonds is 3. The Balaban J connectivity index is 2.15. The highest BCUT2D eigenvalue weighted by Crippen LogP contribution is 2.19. The van der Waals surface area contributed by atoms with Crippen LogP contribution in [0.1, 0.15) is 26.5 Å². The molecule has 0 saturated carbocycles. The van der Waals surface area contributed by atoms with Gasteiger partial charge in [-0.3, -0.25) is 4.79 Å². The number of hydrogen-bond donors (Lipinski definition) is 1. The predicted molar refractivity (Wildman–Crippen MR) is 75.5 cm³/mol. The number of amides is 1. The summed E-state index contributed by atoms with van der Waals surface area (Å²) in [5.74, 6) is 0.147. The van der Waals surface area contributed by atoms with E-state index in [0.29, 0.717) is 17.7 Å². The van der Waals surface area contributed by atoms with E-state index in [1.807, 2.05) is 6.92 Å². The molecule has 1 heterocycles. The topological polar surface area (TPSA) is 53.4 Å². The van der Waals surface area contributed by atoms with Crippen molar-refractivity contribution in [3.05, 3.63) is 45.4 Å². The van der Waals surface area contributed by atoms with Crippen LogP contribution in [0.4, 0.5) is 0 Å². The molecule has 0 aliphatic heterocycles. The van der Waals surface area contributed by atoms with E-state index in [1.165, 1.54) is 0 Å². The lowest BCUT2D eigenvalue weighted by molar-refractivity contribution is 0.0786. The minimum absolute atomic E-state index is 0.0594. The first-order valence-electron chi connectivity index (χ1n) is 5.93. The van der Waals surface area contributed by atoms with Crippen molar-refractivity contribution >= 4 is 17.2 Å². The van der Waals surface area contributed by atoms with Gasteiger partial charge in [-0.1, -0.05) is 0 Å². The molecule has 0 bridgehead atoms. The Morgan fingerprint density at radius 2 is 2.16 bits per heavy atom. The fraction of sp³-hybridized carbons (Fsp3) is 0.286. The van der Waals surface area contributed by atoms with Crippen molar-refractivity contribution in [2.45, 2.75) is 20.4 Å². The van der Waals surface area contributed by atoms with Crippen LogP contribution >= 0.6 is 11.3 Å². The number of aryl methyl sites for hydroxylation is 2. The molecule has 0 saturated heterocycles. The zero-order valence-electron chi connectivity index (χ0n) is 11.2. The van der Waals surface area contributed by atoms with E-state index in [4.69, 9.17) is 0 Å². The average Bonchev–Trinajstić information content (AvgIpc) is 2.77. The maximum absolute atomic E-state index is 12.3. The minimum Gasteiger partial charge on any atom is -0.508 e. The van der Waals surface area contributed by atoms with Crippen LogP contribution in [0.15, 0.2) is 23.7 Å². The Labute approximate surface area is 116 Å². The monoisotopic (exact) mass is 276 g/mol. The number of nitrogens with zero attached hydrogens (tertiary/aromatic N) is 2. The standard InChI is InChI=1S/C14H16N2O2S/c1-9-6-11(4-5-12(9)17)14(18)16(3)7-13-10(2)15-8-19-13/h4-6,8,17H,7H2,1-3H3. The van der Waals surface area contributed by atoms with Gasteiger partial charge in [-0.25, -0.2) is 4.98 Å². The molecule has 0 unspecified atom stereocenters. The number of phenolic OH excluding ortho intramolecular Hbond substituents is 1. The van der Waals surface area contributed by atoms with E-state index < -0.39 is 0 Å². The molecule has 100 valence electrons. The lowest BCUT2D eigenvalue weighted by atomic mass is 10.1. The molecule has 0 radical (unpaired) electrons. The second-order valence-electron chi connectivity index (χ2n) is 4.52. The normalized spacial score (nSPS) is 10.5. The molecule has 19 heavy (non-hydrogen) atoms. The molecule has 1 N–H and O–H groups in total. The Hall–Kier alpha value is -1.88. The van der Waals surface area contributed by atoms with Gasteiger partial charge >= 0.3 is 0 Å². The fourth-order valence-electron chi connectivity index (χ4n) is 1.77. The zero-order valence-corrected chi connectivity index (χ0v) is 12.0. The second kappa shape index (κ2) is 5.40. The number of aromatic hydroxyl groups is 1. The van der Waals surface area contributed by atoms with E-state index in [2.05, 4.69) is 4.98 Å². The Bertz CT molecular complexity index is 607. The first kappa shape index (κ1) is 13.5. The minimum atomic E-state index is -0.0594. The van der Waals surface area contributed by atoms with E-state index >= 15 is 0 Å². The summed E-state index contributed by atoms with van der Waals surface area (Å²) in [6.07, 6.45) is 0. The third-order valence-electron chi connectivity index (χ3n) is 3.02. The Morgan fingerprint density at radius 3 is 2.74 bits per heavy atom. The van der Waals surface area contributed by atoms with E-state index in [1.54, 1.807) is 53.9 Å². The fourth-order valence-corrected chi connectivity index (χ4v) is 2.60. The van der Waals surface area contributed by atoms with Crippen LogP contribution in [-0.2, 0) is 6.54 Å². The molecule has 0 aliphatic carbocycles. The smallest absolute Gasteiger partial charge is 0.253 e. The van der Waals surface area contributed by atoms with Gasteiger partial charge in [-0.15, -0.1) is 11.3 Å². The van der Waals surface area contributed by atoms with Crippen LogP contribution in [0.3, 0.4) is 0 Å². The number of benzene rings is 1. The number of carbonyl (C=O) groups excluding carboxylic acids is 1. The number of phenols is 1. The van der Waals surface area contributed by atoms with Crippen molar-refractivity contribution in [3.63, 3.8) is 0 Å². The summed E-state index contributed by atoms with van der Waals surface area (Å²) < 4.78 is 0. The van der Waals surface area contributed by atoms with Gasteiger partial charge in [0, 0.05) is 17.5 Å². The van der Waals surface area contributed by atoms with Crippen molar-refractivity contribution in [1.29, 1.82) is 0 Å². The highest BCUT2D eigenvalue weighted by Gasteiger charge is 2.14. The average molecular weight is 276 g/mol. The van der Waals surface area contributed by atoms with Crippen LogP contribution in [0, 0.1) is 13.8 Å². The summed E-state index contributed by atoms with van der Waals surface area (Å²) >= 11 is 1.55. The van der Waals surface area contributed by atoms with Gasteiger partial charge in [0.25, 0.3) is 5.91 Å². The summed E-state index contributed by atoms with van der Waals surface area (Å²) in [7, 11) is 1.77. The van der Waals surface area contributed by atoms with Gasteiger partial charge in [0.15, 0.2) is 0 Å². The van der Waals surface area contributed by atoms with Crippen LogP contribution in [0.5, 0.6) is 5.75 Å². The first-order valence-corrected chi connectivity index (χ1v) is 6.81. The molecule has 2 aromatic rings. The molecule has 0 aliphatic rings. The van der Waals surface area contributed by atoms with Crippen molar-refractivity contribution in [1.82, 2.24) is 9.88 Å². The summed E-state index contributed by atoms with van der Waals surface area (Å²) in [6.45, 7) is 4.27. The Morgan fingerprint density at radius 1 is 1.42 bits per heavy atom. The van der Waals surface area contributed by atoms with Crippen LogP contribution < -0.4 is 0 Å². The van der Waals surface area contributed by atoms with Gasteiger partial charge in [-0.2, -0.15) is 0 Å². The van der Waals surface area contributed by atoms with Crippen molar-refractivity contribution in [2.24, 2.45) is 0 Å². The third-order valence-corrected chi connectivity index (χ3v) is 3.94. The van der Waals surface area contributed by atoms with E-state index in [0.717, 1.165) is 10.6 Å². The van der Waals surface area contributed by atoms with Crippen molar-refractivity contribution in [3.8, 4) is 5.75 Å². The molecular weight excluding hydrogens is 260 g/mol. The third kappa shape index (κ3) is 2.93. The van der Waals surface area contributed by atoms with E-state index in [9.17, 15) is 9.90 Å². The predicted octanol–water partition coefficient (Wildman–Crippen LogP) is 2.74. The Kier molecular flexibility index (Phi) is 3.85. The van der Waals surface area contributed by atoms with Crippen LogP contribution in [0.2, 0.25) is 0 Å². The largest absolute Gasteiger partial charge is 0.508 e. The molecule has 4 nitrogen and oxygen atoms in total. The van der Waals surface area contributed by atoms with Crippen LogP contribution in [0.25, 0.3) is 0 Å². The summed E-state index contributed by atoms with van der Waals surface area (Å²) in [6, 6.07) is 4.89. The molecule has 0 spiro atoms. The van der Waals surface area contributed by atoms with Gasteiger partial charge in [-0.05, 0) is 37.6 Å². The quantitative estimate of drug-likeness (QED) is 0.937. The van der Waals surface area contributed by atoms with Crippen molar-refractivity contribution in [2.75, 3.05) is 7.05 Å². The SMILES string of the molecule is Cc1cc(C(=O)N(C)Cc2scnc2C)ccc1O. The summed E-state index contributed by atoms with van der Waals surface area (Å²) in [4.78, 5) is 19.2. The molecule has 2 rings (SSSR count). The number of aromatic nitrogens is 1. The molecule has 5 heteroatoms. The number of hydrogen-bond acceptors (Lipinski definition) is 4. The maximum atomic E-state index is 12.3. The van der Waals surface area contributed by atoms with Gasteiger partial charge in [0.1, 0.15) is 5.75 Å². The molecular formula is C14H16N2O2S. The molecule has 1 aromatic carbocycles. The lowest BCUT2D eigenvalue weighted by Gasteiger charge is -2.17. The molecule has 1 amide bonds. The van der Waals surface area contributed by atoms with Gasteiger partial charge in [0.05, 0.1) is 17.7 Å². The molecule has 0 atom stereocenters. The summed E-state index contributed by atoms with van der Waals surface area (Å²) in [5.41, 5.74) is 4.04. The van der Waals surface area contributed by atoms with Crippen molar-refractivity contribution < 1.29 is 9.90 Å². The molecule has 0 fully saturated rings. The first-order chi connectivity index (χ1) is 8.99. The maximum Gasteiger partial charge on any atom is 0.253 e. The number of thiazole rings is 1. The zero-order chi connectivity index (χ0) is 14.0. The van der Waals surface area contributed by atoms with E-state index in [-0.39, 0.29) is 11.7 Å². The van der Waals surface area contributed by atoms with Gasteiger partial charge < -0.3 is 10.0 Å². The van der Waals surface area contributed by atoms with Gasteiger partial charge in [0.2, 0.25) is 0 Å². The lowest BCUT2D eigenvalue weighted by Crippen LogP contribution is -2.26.